The zero-order chi connectivity index (χ0) is 21.7. The van der Waals surface area contributed by atoms with E-state index in [1.165, 1.54) is 0 Å². The lowest BCUT2D eigenvalue weighted by atomic mass is 9.88. The van der Waals surface area contributed by atoms with Gasteiger partial charge in [-0.15, -0.1) is 0 Å². The number of hydrogen-bond donors (Lipinski definition) is 1. The Hall–Kier alpha value is -2.86. The van der Waals surface area contributed by atoms with E-state index in [1.807, 2.05) is 81.1 Å². The minimum atomic E-state index is -0.412. The van der Waals surface area contributed by atoms with E-state index in [2.05, 4.69) is 5.32 Å². The van der Waals surface area contributed by atoms with Crippen LogP contribution in [0.15, 0.2) is 59.8 Å². The van der Waals surface area contributed by atoms with Crippen LogP contribution in [0.3, 0.4) is 0 Å². The van der Waals surface area contributed by atoms with Crippen molar-refractivity contribution in [3.05, 3.63) is 70.9 Å². The van der Waals surface area contributed by atoms with Crippen molar-refractivity contribution < 1.29 is 14.3 Å². The molecule has 2 aromatic carbocycles. The Labute approximate surface area is 183 Å². The van der Waals surface area contributed by atoms with Crippen LogP contribution < -0.4 is 14.8 Å². The zero-order valence-corrected chi connectivity index (χ0v) is 18.7. The van der Waals surface area contributed by atoms with E-state index in [1.54, 1.807) is 0 Å². The lowest BCUT2D eigenvalue weighted by molar-refractivity contribution is 0.102. The minimum Gasteiger partial charge on any atom is -0.494 e. The van der Waals surface area contributed by atoms with Gasteiger partial charge in [0.2, 0.25) is 0 Å². The summed E-state index contributed by atoms with van der Waals surface area (Å²) in [7, 11) is 0. The quantitative estimate of drug-likeness (QED) is 0.481. The molecule has 1 N–H and O–H groups in total. The smallest absolute Gasteiger partial charge is 0.193 e. The molecule has 0 saturated carbocycles. The number of carbonyl (C=O) groups excluding carboxylic acids is 1. The third-order valence-corrected chi connectivity index (χ3v) is 5.44. The van der Waals surface area contributed by atoms with E-state index in [9.17, 15) is 4.79 Å². The SMILES string of the molecule is CCOc1ccc(C2NC(=S)N(CC)C(C)=C2C(=O)c2ccccc2)c(OCC)c1. The summed E-state index contributed by atoms with van der Waals surface area (Å²) >= 11 is 5.62. The highest BCUT2D eigenvalue weighted by Crippen LogP contribution is 2.38. The first-order valence-electron chi connectivity index (χ1n) is 10.3. The number of nitrogens with zero attached hydrogens (tertiary/aromatic N) is 1. The van der Waals surface area contributed by atoms with Gasteiger partial charge < -0.3 is 19.7 Å². The number of benzene rings is 2. The fourth-order valence-corrected chi connectivity index (χ4v) is 4.11. The highest BCUT2D eigenvalue weighted by Gasteiger charge is 2.35. The highest BCUT2D eigenvalue weighted by atomic mass is 32.1. The van der Waals surface area contributed by atoms with Crippen molar-refractivity contribution in [1.82, 2.24) is 10.2 Å². The van der Waals surface area contributed by atoms with Crippen molar-refractivity contribution in [2.75, 3.05) is 19.8 Å². The number of Topliss-reactive ketones (excluding diaryl/α,β-unsaturated/α-hetero) is 1. The summed E-state index contributed by atoms with van der Waals surface area (Å²) in [4.78, 5) is 15.5. The molecule has 0 amide bonds. The Morgan fingerprint density at radius 3 is 2.40 bits per heavy atom. The van der Waals surface area contributed by atoms with Crippen LogP contribution in [0.25, 0.3) is 0 Å². The van der Waals surface area contributed by atoms with Crippen LogP contribution in [-0.2, 0) is 0 Å². The number of rotatable bonds is 8. The Morgan fingerprint density at radius 2 is 1.77 bits per heavy atom. The molecule has 1 heterocycles. The van der Waals surface area contributed by atoms with E-state index < -0.39 is 6.04 Å². The van der Waals surface area contributed by atoms with E-state index >= 15 is 0 Å². The fourth-order valence-electron chi connectivity index (χ4n) is 3.72. The average molecular weight is 425 g/mol. The lowest BCUT2D eigenvalue weighted by Crippen LogP contribution is -2.47. The van der Waals surface area contributed by atoms with Gasteiger partial charge in [-0.1, -0.05) is 30.3 Å². The first kappa shape index (κ1) is 21.8. The van der Waals surface area contributed by atoms with Gasteiger partial charge in [0.1, 0.15) is 11.5 Å². The van der Waals surface area contributed by atoms with Crippen molar-refractivity contribution in [2.45, 2.75) is 33.7 Å². The molecule has 1 unspecified atom stereocenters. The molecule has 2 aromatic rings. The molecule has 30 heavy (non-hydrogen) atoms. The predicted molar refractivity (Wildman–Crippen MR) is 123 cm³/mol. The second-order valence-corrected chi connectivity index (χ2v) is 7.27. The normalized spacial score (nSPS) is 16.3. The van der Waals surface area contributed by atoms with Crippen molar-refractivity contribution in [1.29, 1.82) is 0 Å². The standard InChI is InChI=1S/C24H28N2O3S/c1-5-26-16(4)21(23(27)17-11-9-8-10-12-17)22(25-24(26)30)19-14-13-18(28-6-2)15-20(19)29-7-3/h8-15,22H,5-7H2,1-4H3,(H,25,30). The van der Waals surface area contributed by atoms with Gasteiger partial charge in [-0.2, -0.15) is 0 Å². The van der Waals surface area contributed by atoms with E-state index in [0.29, 0.717) is 41.8 Å². The molecule has 0 bridgehead atoms. The third kappa shape index (κ3) is 4.33. The maximum absolute atomic E-state index is 13.6. The molecule has 3 rings (SSSR count). The molecule has 1 atom stereocenters. The molecule has 0 spiro atoms. The van der Waals surface area contributed by atoms with E-state index in [-0.39, 0.29) is 5.78 Å². The Kier molecular flexibility index (Phi) is 7.11. The number of thiocarbonyl (C=S) groups is 1. The van der Waals surface area contributed by atoms with Crippen LogP contribution in [0.1, 0.15) is 49.7 Å². The van der Waals surface area contributed by atoms with Gasteiger partial charge in [0.15, 0.2) is 10.9 Å². The monoisotopic (exact) mass is 424 g/mol. The van der Waals surface area contributed by atoms with Crippen molar-refractivity contribution in [3.8, 4) is 11.5 Å². The molecule has 158 valence electrons. The summed E-state index contributed by atoms with van der Waals surface area (Å²) < 4.78 is 11.6. The molecule has 1 aliphatic heterocycles. The summed E-state index contributed by atoms with van der Waals surface area (Å²) in [5.74, 6) is 1.39. The molecule has 0 radical (unpaired) electrons. The van der Waals surface area contributed by atoms with E-state index in [4.69, 9.17) is 21.7 Å². The molecule has 0 saturated heterocycles. The third-order valence-electron chi connectivity index (χ3n) is 5.10. The van der Waals surface area contributed by atoms with Gasteiger partial charge in [-0.3, -0.25) is 4.79 Å². The summed E-state index contributed by atoms with van der Waals surface area (Å²) in [5, 5.41) is 3.97. The van der Waals surface area contributed by atoms with Gasteiger partial charge in [0.25, 0.3) is 0 Å². The summed E-state index contributed by atoms with van der Waals surface area (Å²) in [6.07, 6.45) is 0. The Balaban J connectivity index is 2.15. The minimum absolute atomic E-state index is 0.0251. The van der Waals surface area contributed by atoms with Gasteiger partial charge in [-0.25, -0.2) is 0 Å². The fraction of sp³-hybridized carbons (Fsp3) is 0.333. The molecule has 6 heteroatoms. The lowest BCUT2D eigenvalue weighted by Gasteiger charge is -2.38. The molecule has 5 nitrogen and oxygen atoms in total. The number of nitrogens with one attached hydrogen (secondary N) is 1. The van der Waals surface area contributed by atoms with Crippen LogP contribution in [0, 0.1) is 0 Å². The van der Waals surface area contributed by atoms with Crippen molar-refractivity contribution >= 4 is 23.1 Å². The summed E-state index contributed by atoms with van der Waals surface area (Å²) in [5.41, 5.74) is 3.03. The van der Waals surface area contributed by atoms with Crippen LogP contribution in [-0.4, -0.2) is 35.6 Å². The van der Waals surface area contributed by atoms with E-state index in [0.717, 1.165) is 17.0 Å². The Bertz CT molecular complexity index is 956. The molecule has 0 aromatic heterocycles. The molecule has 1 aliphatic rings. The van der Waals surface area contributed by atoms with Crippen molar-refractivity contribution in [2.24, 2.45) is 0 Å². The predicted octanol–water partition coefficient (Wildman–Crippen LogP) is 4.89. The van der Waals surface area contributed by atoms with Crippen LogP contribution >= 0.6 is 12.2 Å². The maximum Gasteiger partial charge on any atom is 0.193 e. The zero-order valence-electron chi connectivity index (χ0n) is 17.9. The number of allylic oxidation sites excluding steroid dienone is 1. The average Bonchev–Trinajstić information content (AvgIpc) is 2.75. The van der Waals surface area contributed by atoms with Gasteiger partial charge in [0, 0.05) is 35.0 Å². The second-order valence-electron chi connectivity index (χ2n) is 6.89. The highest BCUT2D eigenvalue weighted by molar-refractivity contribution is 7.80. The molecular formula is C24H28N2O3S. The molecule has 0 aliphatic carbocycles. The van der Waals surface area contributed by atoms with Crippen LogP contribution in [0.2, 0.25) is 0 Å². The van der Waals surface area contributed by atoms with Crippen molar-refractivity contribution in [3.63, 3.8) is 0 Å². The summed E-state index contributed by atoms with van der Waals surface area (Å²) in [6.45, 7) is 9.60. The van der Waals surface area contributed by atoms with Crippen LogP contribution in [0.5, 0.6) is 11.5 Å². The first-order valence-corrected chi connectivity index (χ1v) is 10.7. The summed E-state index contributed by atoms with van der Waals surface area (Å²) in [6, 6.07) is 14.6. The largest absolute Gasteiger partial charge is 0.494 e. The van der Waals surface area contributed by atoms with Gasteiger partial charge in [-0.05, 0) is 52.0 Å². The topological polar surface area (TPSA) is 50.8 Å². The second kappa shape index (κ2) is 9.76. The van der Waals surface area contributed by atoms with Gasteiger partial charge >= 0.3 is 0 Å². The van der Waals surface area contributed by atoms with Gasteiger partial charge in [0.05, 0.1) is 19.3 Å². The number of ketones is 1. The number of carbonyl (C=O) groups is 1. The maximum atomic E-state index is 13.6. The molecule has 0 fully saturated rings. The Morgan fingerprint density at radius 1 is 1.07 bits per heavy atom. The molecular weight excluding hydrogens is 396 g/mol. The number of hydrogen-bond acceptors (Lipinski definition) is 4. The number of ether oxygens (including phenoxy) is 2. The van der Waals surface area contributed by atoms with Crippen LogP contribution in [0.4, 0.5) is 0 Å². The first-order chi connectivity index (χ1) is 14.5.